The highest BCUT2D eigenvalue weighted by Gasteiger charge is 2.24. The van der Waals surface area contributed by atoms with Crippen molar-refractivity contribution in [1.29, 1.82) is 0 Å². The highest BCUT2D eigenvalue weighted by Crippen LogP contribution is 2.35. The summed E-state index contributed by atoms with van der Waals surface area (Å²) in [6.07, 6.45) is -0.164. The third kappa shape index (κ3) is 6.62. The van der Waals surface area contributed by atoms with E-state index in [1.54, 1.807) is 0 Å². The van der Waals surface area contributed by atoms with Crippen molar-refractivity contribution in [3.63, 3.8) is 0 Å². The predicted molar refractivity (Wildman–Crippen MR) is 53.7 cm³/mol. The lowest BCUT2D eigenvalue weighted by Gasteiger charge is -2.19. The summed E-state index contributed by atoms with van der Waals surface area (Å²) in [5.74, 6) is -1.65. The summed E-state index contributed by atoms with van der Waals surface area (Å²) in [6, 6.07) is 0. The van der Waals surface area contributed by atoms with Crippen LogP contribution in [0.5, 0.6) is 0 Å². The van der Waals surface area contributed by atoms with E-state index in [1.165, 1.54) is 14.0 Å². The lowest BCUT2D eigenvalue weighted by atomic mass is 10.0. The van der Waals surface area contributed by atoms with E-state index in [-0.39, 0.29) is 12.6 Å². The minimum absolute atomic E-state index is 0.237. The molecule has 0 saturated heterocycles. The van der Waals surface area contributed by atoms with Crippen molar-refractivity contribution in [3.8, 4) is 0 Å². The third-order valence-electron chi connectivity index (χ3n) is 2.19. The van der Waals surface area contributed by atoms with Gasteiger partial charge in [0.15, 0.2) is 0 Å². The number of carbonyl (C=O) groups is 1. The SMILES string of the molecule is CO[C@@H](CCCP(=O)(O)O)[C@@H](C)C(=O)O. The molecule has 0 aromatic heterocycles. The van der Waals surface area contributed by atoms with Gasteiger partial charge in [0.25, 0.3) is 0 Å². The van der Waals surface area contributed by atoms with Gasteiger partial charge in [0, 0.05) is 13.3 Å². The van der Waals surface area contributed by atoms with Crippen molar-refractivity contribution in [3.05, 3.63) is 0 Å². The average Bonchev–Trinajstić information content (AvgIpc) is 2.09. The second-order valence-corrected chi connectivity index (χ2v) is 5.21. The van der Waals surface area contributed by atoms with E-state index in [9.17, 15) is 9.36 Å². The highest BCUT2D eigenvalue weighted by atomic mass is 31.2. The number of carboxylic acid groups (broad SMARTS) is 1. The minimum atomic E-state index is -3.99. The number of ether oxygens (including phenoxy) is 1. The van der Waals surface area contributed by atoms with Crippen LogP contribution in [0.15, 0.2) is 0 Å². The molecule has 2 atom stereocenters. The Labute approximate surface area is 88.4 Å². The van der Waals surface area contributed by atoms with Crippen LogP contribution in [0.1, 0.15) is 19.8 Å². The smallest absolute Gasteiger partial charge is 0.325 e. The van der Waals surface area contributed by atoms with Crippen molar-refractivity contribution in [2.45, 2.75) is 25.9 Å². The second kappa shape index (κ2) is 6.23. The summed E-state index contributed by atoms with van der Waals surface area (Å²) in [4.78, 5) is 27.8. The fraction of sp³-hybridized carbons (Fsp3) is 0.875. The molecule has 0 aliphatic carbocycles. The standard InChI is InChI=1S/C8H17O6P/c1-6(8(9)10)7(14-2)4-3-5-15(11,12)13/h6-7H,3-5H2,1-2H3,(H,9,10)(H2,11,12,13)/t6-,7+/m1/s1. The monoisotopic (exact) mass is 240 g/mol. The number of methoxy groups -OCH3 is 1. The normalized spacial score (nSPS) is 16.0. The van der Waals surface area contributed by atoms with Gasteiger partial charge in [-0.25, -0.2) is 0 Å². The molecule has 15 heavy (non-hydrogen) atoms. The van der Waals surface area contributed by atoms with Crippen molar-refractivity contribution in [2.24, 2.45) is 5.92 Å². The molecule has 3 N–H and O–H groups in total. The molecule has 0 heterocycles. The molecule has 0 rings (SSSR count). The van der Waals surface area contributed by atoms with E-state index in [0.717, 1.165) is 0 Å². The topological polar surface area (TPSA) is 104 Å². The molecule has 0 unspecified atom stereocenters. The first-order chi connectivity index (χ1) is 6.78. The van der Waals surface area contributed by atoms with E-state index in [1.807, 2.05) is 0 Å². The van der Waals surface area contributed by atoms with E-state index >= 15 is 0 Å². The van der Waals surface area contributed by atoms with E-state index in [0.29, 0.717) is 6.42 Å². The Balaban J connectivity index is 4.01. The Bertz CT molecular complexity index is 248. The van der Waals surface area contributed by atoms with Crippen molar-refractivity contribution in [2.75, 3.05) is 13.3 Å². The quantitative estimate of drug-likeness (QED) is 0.565. The number of hydrogen-bond acceptors (Lipinski definition) is 3. The van der Waals surface area contributed by atoms with Crippen molar-refractivity contribution < 1.29 is 29.0 Å². The van der Waals surface area contributed by atoms with Crippen LogP contribution in [-0.4, -0.2) is 40.2 Å². The van der Waals surface area contributed by atoms with Crippen LogP contribution in [-0.2, 0) is 14.1 Å². The van der Waals surface area contributed by atoms with Crippen molar-refractivity contribution >= 4 is 13.6 Å². The van der Waals surface area contributed by atoms with Crippen LogP contribution in [0.3, 0.4) is 0 Å². The maximum atomic E-state index is 10.6. The first-order valence-electron chi connectivity index (χ1n) is 4.58. The maximum absolute atomic E-state index is 10.6. The first kappa shape index (κ1) is 14.6. The molecule has 0 amide bonds. The van der Waals surface area contributed by atoms with Gasteiger partial charge < -0.3 is 19.6 Å². The molecule has 0 spiro atoms. The number of aliphatic carboxylic acids is 1. The Hall–Kier alpha value is -0.420. The van der Waals surface area contributed by atoms with Crippen LogP contribution in [0.25, 0.3) is 0 Å². The molecule has 90 valence electrons. The van der Waals surface area contributed by atoms with Crippen LogP contribution < -0.4 is 0 Å². The van der Waals surface area contributed by atoms with Crippen LogP contribution in [0.2, 0.25) is 0 Å². The van der Waals surface area contributed by atoms with E-state index in [4.69, 9.17) is 19.6 Å². The van der Waals surface area contributed by atoms with E-state index < -0.39 is 25.6 Å². The van der Waals surface area contributed by atoms with Gasteiger partial charge in [0.1, 0.15) is 0 Å². The molecule has 0 bridgehead atoms. The zero-order chi connectivity index (χ0) is 12.1. The molecule has 6 nitrogen and oxygen atoms in total. The molecular weight excluding hydrogens is 223 g/mol. The summed E-state index contributed by atoms with van der Waals surface area (Å²) in [5.41, 5.74) is 0. The fourth-order valence-electron chi connectivity index (χ4n) is 1.23. The fourth-order valence-corrected chi connectivity index (χ4v) is 1.82. The van der Waals surface area contributed by atoms with Gasteiger partial charge >= 0.3 is 13.6 Å². The number of carboxylic acids is 1. The summed E-state index contributed by atoms with van der Waals surface area (Å²) in [5, 5.41) is 8.71. The van der Waals surface area contributed by atoms with Gasteiger partial charge in [-0.3, -0.25) is 9.36 Å². The zero-order valence-corrected chi connectivity index (χ0v) is 9.68. The Kier molecular flexibility index (Phi) is 6.05. The number of hydrogen-bond donors (Lipinski definition) is 3. The second-order valence-electron chi connectivity index (χ2n) is 3.43. The molecular formula is C8H17O6P. The molecule has 0 radical (unpaired) electrons. The maximum Gasteiger partial charge on any atom is 0.325 e. The average molecular weight is 240 g/mol. The van der Waals surface area contributed by atoms with Gasteiger partial charge in [-0.1, -0.05) is 0 Å². The molecule has 7 heteroatoms. The van der Waals surface area contributed by atoms with E-state index in [2.05, 4.69) is 0 Å². The summed E-state index contributed by atoms with van der Waals surface area (Å²) >= 11 is 0. The lowest BCUT2D eigenvalue weighted by molar-refractivity contribution is -0.145. The van der Waals surface area contributed by atoms with Crippen LogP contribution >= 0.6 is 7.60 Å². The molecule has 0 saturated carbocycles. The molecule has 0 aromatic carbocycles. The van der Waals surface area contributed by atoms with Gasteiger partial charge in [-0.05, 0) is 19.8 Å². The number of rotatable bonds is 7. The summed E-state index contributed by atoms with van der Waals surface area (Å²) in [7, 11) is -2.60. The molecule has 0 fully saturated rings. The summed E-state index contributed by atoms with van der Waals surface area (Å²) < 4.78 is 15.5. The van der Waals surface area contributed by atoms with Crippen LogP contribution in [0, 0.1) is 5.92 Å². The third-order valence-corrected chi connectivity index (χ3v) is 3.09. The Morgan fingerprint density at radius 2 is 2.00 bits per heavy atom. The minimum Gasteiger partial charge on any atom is -0.481 e. The van der Waals surface area contributed by atoms with Crippen LogP contribution in [0.4, 0.5) is 0 Å². The lowest BCUT2D eigenvalue weighted by Crippen LogP contribution is -2.27. The Morgan fingerprint density at radius 3 is 2.33 bits per heavy atom. The predicted octanol–water partition coefficient (Wildman–Crippen LogP) is 0.680. The summed E-state index contributed by atoms with van der Waals surface area (Å²) in [6.45, 7) is 1.51. The van der Waals surface area contributed by atoms with Gasteiger partial charge in [0.05, 0.1) is 12.0 Å². The Morgan fingerprint density at radius 1 is 1.47 bits per heavy atom. The molecule has 0 aliphatic rings. The highest BCUT2D eigenvalue weighted by molar-refractivity contribution is 7.51. The first-order valence-corrected chi connectivity index (χ1v) is 6.38. The van der Waals surface area contributed by atoms with Gasteiger partial charge in [0.2, 0.25) is 0 Å². The zero-order valence-electron chi connectivity index (χ0n) is 8.79. The molecule has 0 aromatic rings. The molecule has 0 aliphatic heterocycles. The van der Waals surface area contributed by atoms with Gasteiger partial charge in [-0.15, -0.1) is 0 Å². The largest absolute Gasteiger partial charge is 0.481 e. The van der Waals surface area contributed by atoms with Gasteiger partial charge in [-0.2, -0.15) is 0 Å². The van der Waals surface area contributed by atoms with Crippen molar-refractivity contribution in [1.82, 2.24) is 0 Å².